The molecule has 9 heteroatoms. The molecule has 2 N–H and O–H groups in total. The molecule has 3 rings (SSSR count). The molecular formula is C22H24N4O5. The molecule has 1 aliphatic heterocycles. The summed E-state index contributed by atoms with van der Waals surface area (Å²) in [5.74, 6) is -0.967. The number of hydrogen-bond donors (Lipinski definition) is 2. The van der Waals surface area contributed by atoms with E-state index in [-0.39, 0.29) is 29.5 Å². The largest absolute Gasteiger partial charge is 0.294 e. The highest BCUT2D eigenvalue weighted by Crippen LogP contribution is 2.22. The number of non-ortho nitro benzene ring substituents is 1. The molecule has 0 spiro atoms. The maximum absolute atomic E-state index is 12.6. The number of amides is 2. The van der Waals surface area contributed by atoms with Crippen LogP contribution in [0.15, 0.2) is 48.5 Å². The Morgan fingerprint density at radius 1 is 1.03 bits per heavy atom. The molecule has 0 bridgehead atoms. The lowest BCUT2D eigenvalue weighted by Gasteiger charge is -2.30. The zero-order valence-electron chi connectivity index (χ0n) is 17.2. The summed E-state index contributed by atoms with van der Waals surface area (Å²) < 4.78 is 0. The predicted octanol–water partition coefficient (Wildman–Crippen LogP) is 2.26. The van der Waals surface area contributed by atoms with Gasteiger partial charge in [0.2, 0.25) is 0 Å². The fourth-order valence-corrected chi connectivity index (χ4v) is 3.51. The van der Waals surface area contributed by atoms with E-state index in [1.54, 1.807) is 0 Å². The molecule has 0 aliphatic carbocycles. The van der Waals surface area contributed by atoms with Gasteiger partial charge in [0.1, 0.15) is 0 Å². The Kier molecular flexibility index (Phi) is 7.09. The van der Waals surface area contributed by atoms with E-state index in [0.29, 0.717) is 31.5 Å². The van der Waals surface area contributed by atoms with E-state index in [1.165, 1.54) is 18.2 Å². The van der Waals surface area contributed by atoms with Gasteiger partial charge in [-0.2, -0.15) is 0 Å². The zero-order chi connectivity index (χ0) is 22.4. The second-order valence-electron chi connectivity index (χ2n) is 7.59. The van der Waals surface area contributed by atoms with E-state index < -0.39 is 16.7 Å². The first-order valence-electron chi connectivity index (χ1n) is 10.0. The monoisotopic (exact) mass is 424 g/mol. The minimum absolute atomic E-state index is 0.0596. The van der Waals surface area contributed by atoms with Crippen molar-refractivity contribution in [2.45, 2.75) is 19.8 Å². The fraction of sp³-hybridized carbons (Fsp3) is 0.318. The summed E-state index contributed by atoms with van der Waals surface area (Å²) in [6.45, 7) is 3.27. The van der Waals surface area contributed by atoms with Crippen LogP contribution in [0.2, 0.25) is 0 Å². The number of likely N-dealkylation sites (tertiary alicyclic amines) is 1. The topological polar surface area (TPSA) is 122 Å². The fourth-order valence-electron chi connectivity index (χ4n) is 3.51. The number of nitro benzene ring substituents is 1. The number of carbonyl (C=O) groups excluding carboxylic acids is 3. The number of hydrazine groups is 1. The molecule has 2 aromatic carbocycles. The van der Waals surface area contributed by atoms with E-state index in [2.05, 4.69) is 10.9 Å². The first-order valence-corrected chi connectivity index (χ1v) is 10.0. The number of ketones is 1. The summed E-state index contributed by atoms with van der Waals surface area (Å²) in [5.41, 5.74) is 6.28. The normalized spacial score (nSPS) is 14.6. The van der Waals surface area contributed by atoms with Gasteiger partial charge in [0.05, 0.1) is 11.5 Å². The molecule has 0 aromatic heterocycles. The molecule has 1 fully saturated rings. The van der Waals surface area contributed by atoms with E-state index in [0.717, 1.165) is 11.6 Å². The Morgan fingerprint density at radius 2 is 1.71 bits per heavy atom. The average Bonchev–Trinajstić information content (AvgIpc) is 2.78. The first kappa shape index (κ1) is 22.1. The third kappa shape index (κ3) is 5.95. The highest BCUT2D eigenvalue weighted by atomic mass is 16.6. The highest BCUT2D eigenvalue weighted by molar-refractivity contribution is 5.98. The number of carbonyl (C=O) groups is 3. The number of Topliss-reactive ketones (excluding diaryl/α,β-unsaturated/α-hetero) is 1. The molecule has 2 amide bonds. The minimum atomic E-state index is -0.639. The average molecular weight is 424 g/mol. The van der Waals surface area contributed by atoms with Gasteiger partial charge in [-0.25, -0.2) is 0 Å². The van der Waals surface area contributed by atoms with Crippen molar-refractivity contribution in [3.8, 4) is 0 Å². The van der Waals surface area contributed by atoms with E-state index in [4.69, 9.17) is 0 Å². The summed E-state index contributed by atoms with van der Waals surface area (Å²) in [7, 11) is 0. The van der Waals surface area contributed by atoms with Gasteiger partial charge in [-0.3, -0.25) is 40.2 Å². The van der Waals surface area contributed by atoms with Gasteiger partial charge < -0.3 is 0 Å². The van der Waals surface area contributed by atoms with Crippen molar-refractivity contribution < 1.29 is 19.3 Å². The predicted molar refractivity (Wildman–Crippen MR) is 113 cm³/mol. The second-order valence-corrected chi connectivity index (χ2v) is 7.59. The Balaban J connectivity index is 1.43. The lowest BCUT2D eigenvalue weighted by Crippen LogP contribution is -2.48. The van der Waals surface area contributed by atoms with Crippen LogP contribution in [0.3, 0.4) is 0 Å². The van der Waals surface area contributed by atoms with Crippen LogP contribution in [0.25, 0.3) is 0 Å². The molecule has 0 atom stereocenters. The van der Waals surface area contributed by atoms with Gasteiger partial charge in [0.15, 0.2) is 5.78 Å². The third-order valence-electron chi connectivity index (χ3n) is 5.30. The molecule has 162 valence electrons. The van der Waals surface area contributed by atoms with Gasteiger partial charge in [0, 0.05) is 29.2 Å². The van der Waals surface area contributed by atoms with Crippen molar-refractivity contribution in [2.75, 3.05) is 19.6 Å². The molecule has 31 heavy (non-hydrogen) atoms. The molecule has 1 heterocycles. The van der Waals surface area contributed by atoms with Crippen molar-refractivity contribution in [3.63, 3.8) is 0 Å². The van der Waals surface area contributed by atoms with Crippen molar-refractivity contribution in [1.82, 2.24) is 15.8 Å². The van der Waals surface area contributed by atoms with Crippen molar-refractivity contribution in [1.29, 1.82) is 0 Å². The van der Waals surface area contributed by atoms with Crippen LogP contribution < -0.4 is 10.9 Å². The third-order valence-corrected chi connectivity index (χ3v) is 5.30. The Labute approximate surface area is 179 Å². The molecule has 1 saturated heterocycles. The number of aryl methyl sites for hydroxylation is 1. The Bertz CT molecular complexity index is 982. The maximum Gasteiger partial charge on any atom is 0.270 e. The number of nitrogens with zero attached hydrogens (tertiary/aromatic N) is 2. The first-order chi connectivity index (χ1) is 14.8. The van der Waals surface area contributed by atoms with Crippen molar-refractivity contribution >= 4 is 23.3 Å². The van der Waals surface area contributed by atoms with Gasteiger partial charge in [-0.1, -0.05) is 35.9 Å². The Hall–Kier alpha value is -3.59. The number of piperidine rings is 1. The van der Waals surface area contributed by atoms with E-state index in [9.17, 15) is 24.5 Å². The molecule has 0 unspecified atom stereocenters. The van der Waals surface area contributed by atoms with E-state index >= 15 is 0 Å². The van der Waals surface area contributed by atoms with Crippen LogP contribution in [-0.4, -0.2) is 47.1 Å². The number of benzene rings is 2. The number of nitrogens with one attached hydrogen (secondary N) is 2. The van der Waals surface area contributed by atoms with Crippen molar-refractivity contribution in [2.24, 2.45) is 5.92 Å². The molecular weight excluding hydrogens is 400 g/mol. The number of hydrogen-bond acceptors (Lipinski definition) is 6. The SMILES string of the molecule is Cc1ccc(C(=O)C2CCN(CC(=O)NNC(=O)c3cccc([N+](=O)[O-])c3)CC2)cc1. The second kappa shape index (κ2) is 9.94. The van der Waals surface area contributed by atoms with Crippen LogP contribution >= 0.6 is 0 Å². The summed E-state index contributed by atoms with van der Waals surface area (Å²) in [4.78, 5) is 49.0. The van der Waals surface area contributed by atoms with Gasteiger partial charge in [-0.15, -0.1) is 0 Å². The van der Waals surface area contributed by atoms with Gasteiger partial charge in [-0.05, 0) is 38.9 Å². The summed E-state index contributed by atoms with van der Waals surface area (Å²) in [5, 5.41) is 10.8. The molecule has 0 radical (unpaired) electrons. The smallest absolute Gasteiger partial charge is 0.270 e. The summed E-state index contributed by atoms with van der Waals surface area (Å²) in [6.07, 6.45) is 1.33. The molecule has 1 aliphatic rings. The minimum Gasteiger partial charge on any atom is -0.294 e. The van der Waals surface area contributed by atoms with Crippen LogP contribution in [-0.2, 0) is 4.79 Å². The molecule has 2 aromatic rings. The number of nitro groups is 1. The van der Waals surface area contributed by atoms with Crippen LogP contribution in [0.5, 0.6) is 0 Å². The quantitative estimate of drug-likeness (QED) is 0.417. The van der Waals surface area contributed by atoms with Crippen LogP contribution in [0.4, 0.5) is 5.69 Å². The van der Waals surface area contributed by atoms with Gasteiger partial charge in [0.25, 0.3) is 17.5 Å². The number of rotatable bonds is 6. The summed E-state index contributed by atoms with van der Waals surface area (Å²) >= 11 is 0. The van der Waals surface area contributed by atoms with E-state index in [1.807, 2.05) is 36.1 Å². The van der Waals surface area contributed by atoms with Crippen molar-refractivity contribution in [3.05, 3.63) is 75.3 Å². The lowest BCUT2D eigenvalue weighted by molar-refractivity contribution is -0.384. The van der Waals surface area contributed by atoms with Crippen LogP contribution in [0.1, 0.15) is 39.1 Å². The summed E-state index contributed by atoms with van der Waals surface area (Å²) in [6, 6.07) is 12.8. The Morgan fingerprint density at radius 3 is 2.35 bits per heavy atom. The zero-order valence-corrected chi connectivity index (χ0v) is 17.2. The molecule has 0 saturated carbocycles. The highest BCUT2D eigenvalue weighted by Gasteiger charge is 2.26. The van der Waals surface area contributed by atoms with Gasteiger partial charge >= 0.3 is 0 Å². The standard InChI is InChI=1S/C22H24N4O5/c1-15-5-7-16(8-6-15)21(28)17-9-11-25(12-10-17)14-20(27)23-24-22(29)18-3-2-4-19(13-18)26(30)31/h2-8,13,17H,9-12,14H2,1H3,(H,23,27)(H,24,29). The molecule has 9 nitrogen and oxygen atoms in total. The lowest BCUT2D eigenvalue weighted by atomic mass is 9.88. The maximum atomic E-state index is 12.6. The van der Waals surface area contributed by atoms with Crippen LogP contribution in [0, 0.1) is 23.0 Å².